The zero-order chi connectivity index (χ0) is 4.83. The summed E-state index contributed by atoms with van der Waals surface area (Å²) in [4.78, 5) is 1.54. The first-order valence-corrected chi connectivity index (χ1v) is 2.09. The second-order valence-corrected chi connectivity index (χ2v) is 1.01. The molecule has 0 saturated heterocycles. The van der Waals surface area contributed by atoms with Crippen molar-refractivity contribution < 1.29 is 20.5 Å². The molecule has 0 aliphatic rings. The standard InChI is InChI=1S/C5H5.Ni.H2O/c1-3-5-4-2;;/h1-5H;;1H2/q-1;;/b5-3-;;. The van der Waals surface area contributed by atoms with Gasteiger partial charge in [-0.1, -0.05) is 0 Å². The molecule has 0 unspecified atom stereocenters. The fraction of sp³-hybridized carbons (Fsp3) is 0. The third-order valence-corrected chi connectivity index (χ3v) is 0.473. The van der Waals surface area contributed by atoms with Gasteiger partial charge in [-0.15, -0.1) is 0 Å². The molecule has 0 aromatic carbocycles. The molecule has 0 bridgehead atoms. The van der Waals surface area contributed by atoms with Crippen LogP contribution in [0.3, 0.4) is 0 Å². The fourth-order valence-electron chi connectivity index (χ4n) is 0.0993. The number of hydrogen-bond donors (Lipinski definition) is 0. The normalized spacial score (nSPS) is 7.71. The molecule has 44 valence electrons. The maximum absolute atomic E-state index is 4.94. The Labute approximate surface area is 51.0 Å². The number of allylic oxidation sites excluding steroid dienone is 3. The molecule has 0 amide bonds. The molecule has 0 aromatic heterocycles. The summed E-state index contributed by atoms with van der Waals surface area (Å²) in [6.45, 7) is 4.94. The summed E-state index contributed by atoms with van der Waals surface area (Å²) in [5.41, 5.74) is 0. The Hall–Kier alpha value is -0.196. The Morgan fingerprint density at radius 2 is 1.86 bits per heavy atom. The molecule has 0 heterocycles. The van der Waals surface area contributed by atoms with Gasteiger partial charge in [-0.25, -0.2) is 0 Å². The van der Waals surface area contributed by atoms with Crippen molar-refractivity contribution >= 4 is 4.99 Å². The molecule has 7 heavy (non-hydrogen) atoms. The molecule has 0 spiro atoms. The van der Waals surface area contributed by atoms with Gasteiger partial charge in [0.15, 0.2) is 0 Å². The average molecular weight is 142 g/mol. The van der Waals surface area contributed by atoms with Gasteiger partial charge in [-0.05, 0) is 0 Å². The second kappa shape index (κ2) is 9.26. The molecule has 0 saturated carbocycles. The first-order chi connectivity index (χ1) is 2.91. The summed E-state index contributed by atoms with van der Waals surface area (Å²) in [5.74, 6) is 0. The first kappa shape index (κ1) is 9.93. The van der Waals surface area contributed by atoms with Gasteiger partial charge >= 0.3 is 44.8 Å². The van der Waals surface area contributed by atoms with Crippen LogP contribution in [0, 0.1) is 6.58 Å². The van der Waals surface area contributed by atoms with Gasteiger partial charge in [0.2, 0.25) is 0 Å². The van der Waals surface area contributed by atoms with E-state index in [0.29, 0.717) is 0 Å². The van der Waals surface area contributed by atoms with E-state index in [-0.39, 0.29) is 5.48 Å². The molecule has 0 rings (SSSR count). The van der Waals surface area contributed by atoms with Crippen molar-refractivity contribution in [3.8, 4) is 0 Å². The molecular formula is C5H7NiO-. The number of hydrogen-bond acceptors (Lipinski definition) is 0. The van der Waals surface area contributed by atoms with E-state index in [2.05, 4.69) is 15.0 Å². The molecule has 0 fully saturated rings. The van der Waals surface area contributed by atoms with Crippen LogP contribution >= 0.6 is 0 Å². The van der Waals surface area contributed by atoms with Crippen LogP contribution in [0.1, 0.15) is 0 Å². The second-order valence-electron chi connectivity index (χ2n) is 0.683. The van der Waals surface area contributed by atoms with Gasteiger partial charge in [-0.3, -0.25) is 0 Å². The average Bonchev–Trinajstić information content (AvgIpc) is 1.61. The summed E-state index contributed by atoms with van der Waals surface area (Å²) in [5, 5.41) is 0. The molecule has 0 aliphatic carbocycles. The Balaban J connectivity index is 0. The molecule has 0 atom stereocenters. The molecule has 2 N–H and O–H groups in total. The Kier molecular flexibility index (Phi) is 13.1. The van der Waals surface area contributed by atoms with E-state index >= 15 is 0 Å². The van der Waals surface area contributed by atoms with Gasteiger partial charge < -0.3 is 5.48 Å². The molecule has 1 nitrogen and oxygen atoms in total. The van der Waals surface area contributed by atoms with Crippen LogP contribution in [0.15, 0.2) is 18.2 Å². The van der Waals surface area contributed by atoms with Crippen molar-refractivity contribution in [1.29, 1.82) is 0 Å². The maximum atomic E-state index is 4.94. The molecule has 0 radical (unpaired) electrons. The van der Waals surface area contributed by atoms with Crippen LogP contribution in [-0.2, 0) is 15.0 Å². The van der Waals surface area contributed by atoms with E-state index in [9.17, 15) is 0 Å². The first-order valence-electron chi connectivity index (χ1n) is 1.52. The minimum atomic E-state index is 0. The van der Waals surface area contributed by atoms with Crippen molar-refractivity contribution in [2.75, 3.05) is 0 Å². The van der Waals surface area contributed by atoms with E-state index in [4.69, 9.17) is 6.58 Å². The molecule has 2 heteroatoms. The van der Waals surface area contributed by atoms with Crippen molar-refractivity contribution in [1.82, 2.24) is 0 Å². The fourth-order valence-corrected chi connectivity index (χ4v) is 0.209. The summed E-state index contributed by atoms with van der Waals surface area (Å²) in [6.07, 6.45) is 4.83. The molecule has 0 aromatic rings. The van der Waals surface area contributed by atoms with E-state index in [1.54, 1.807) is 17.1 Å². The van der Waals surface area contributed by atoms with Gasteiger partial charge in [0.25, 0.3) is 0 Å². The third-order valence-electron chi connectivity index (χ3n) is 0.283. The molecule has 0 aliphatic heterocycles. The summed E-state index contributed by atoms with van der Waals surface area (Å²) in [6, 6.07) is 0. The van der Waals surface area contributed by atoms with E-state index in [1.165, 1.54) is 6.08 Å². The van der Waals surface area contributed by atoms with Crippen molar-refractivity contribution in [2.24, 2.45) is 0 Å². The van der Waals surface area contributed by atoms with Crippen molar-refractivity contribution in [3.63, 3.8) is 0 Å². The zero-order valence-corrected chi connectivity index (χ0v) is 4.69. The predicted molar refractivity (Wildman–Crippen MR) is 27.7 cm³/mol. The SMILES string of the molecule is O.[CH-]=C/C=C\[CH]=[Ni]. The predicted octanol–water partition coefficient (Wildman–Crippen LogP) is 0.0561. The monoisotopic (exact) mass is 141 g/mol. The van der Waals surface area contributed by atoms with Crippen LogP contribution < -0.4 is 0 Å². The van der Waals surface area contributed by atoms with Gasteiger partial charge in [0.1, 0.15) is 0 Å². The Bertz CT molecular complexity index is 66.1. The van der Waals surface area contributed by atoms with Crippen LogP contribution in [0.5, 0.6) is 0 Å². The zero-order valence-electron chi connectivity index (χ0n) is 3.70. The van der Waals surface area contributed by atoms with Gasteiger partial charge in [-0.2, -0.15) is 0 Å². The van der Waals surface area contributed by atoms with E-state index in [1.807, 2.05) is 0 Å². The Morgan fingerprint density at radius 1 is 1.29 bits per heavy atom. The van der Waals surface area contributed by atoms with E-state index < -0.39 is 0 Å². The quantitative estimate of drug-likeness (QED) is 0.296. The van der Waals surface area contributed by atoms with Crippen LogP contribution in [0.25, 0.3) is 0 Å². The minimum absolute atomic E-state index is 0. The summed E-state index contributed by atoms with van der Waals surface area (Å²) in [7, 11) is 0. The topological polar surface area (TPSA) is 31.5 Å². The summed E-state index contributed by atoms with van der Waals surface area (Å²) >= 11 is 4.18. The molecular weight excluding hydrogens is 135 g/mol. The van der Waals surface area contributed by atoms with Crippen molar-refractivity contribution in [3.05, 3.63) is 24.8 Å². The van der Waals surface area contributed by atoms with Gasteiger partial charge in [0.05, 0.1) is 0 Å². The third kappa shape index (κ3) is 10.7. The van der Waals surface area contributed by atoms with Crippen molar-refractivity contribution in [2.45, 2.75) is 0 Å². The van der Waals surface area contributed by atoms with Crippen LogP contribution in [0.4, 0.5) is 0 Å². The van der Waals surface area contributed by atoms with E-state index in [0.717, 1.165) is 0 Å². The van der Waals surface area contributed by atoms with Gasteiger partial charge in [0, 0.05) is 0 Å². The Morgan fingerprint density at radius 3 is 2.00 bits per heavy atom. The van der Waals surface area contributed by atoms with Crippen LogP contribution in [0.2, 0.25) is 0 Å². The number of rotatable bonds is 2. The summed E-state index contributed by atoms with van der Waals surface area (Å²) < 4.78 is 0. The van der Waals surface area contributed by atoms with Crippen LogP contribution in [-0.4, -0.2) is 10.5 Å².